The van der Waals surface area contributed by atoms with Gasteiger partial charge in [-0.3, -0.25) is 0 Å². The second-order valence-electron chi connectivity index (χ2n) is 8.06. The normalized spacial score (nSPS) is 19.1. The minimum absolute atomic E-state index is 0.341. The number of nitrogens with one attached hydrogen (secondary N) is 1. The van der Waals surface area contributed by atoms with E-state index in [-0.39, 0.29) is 0 Å². The molecule has 1 fully saturated rings. The molecule has 1 saturated heterocycles. The number of piperidine rings is 1. The van der Waals surface area contributed by atoms with Crippen LogP contribution in [-0.2, 0) is 6.42 Å². The molecule has 3 heterocycles. The average Bonchev–Trinajstić information content (AvgIpc) is 3.01. The van der Waals surface area contributed by atoms with Crippen molar-refractivity contribution in [1.29, 1.82) is 0 Å². The number of nitrogens with zero attached hydrogens (tertiary/aromatic N) is 4. The minimum Gasteiger partial charge on any atom is -0.315 e. The third-order valence-electron chi connectivity index (χ3n) is 4.40. The molecule has 0 unspecified atom stereocenters. The molecule has 25 heavy (non-hydrogen) atoms. The molecule has 0 spiro atoms. The third kappa shape index (κ3) is 5.22. The molecule has 136 valence electrons. The molecular formula is C19H29N5S. The van der Waals surface area contributed by atoms with Crippen molar-refractivity contribution in [3.63, 3.8) is 0 Å². The van der Waals surface area contributed by atoms with Gasteiger partial charge in [-0.15, -0.1) is 10.2 Å². The van der Waals surface area contributed by atoms with E-state index >= 15 is 0 Å². The van der Waals surface area contributed by atoms with Gasteiger partial charge in [-0.1, -0.05) is 45.1 Å². The molecule has 1 aliphatic heterocycles. The standard InChI is InChI=1S/C19H29N5S/c1-5-17-22-23-18(25-17)21-16-10-6-9-15(20-16)14-8-7-11-24(12-14)13-19(2,3)4/h6,9-10,14H,5,7-8,11-13H2,1-4H3,(H,20,21,23)/t14-/m1/s1. The molecule has 0 aliphatic carbocycles. The Balaban J connectivity index is 1.68. The summed E-state index contributed by atoms with van der Waals surface area (Å²) in [5, 5.41) is 13.5. The van der Waals surface area contributed by atoms with E-state index in [0.29, 0.717) is 11.3 Å². The van der Waals surface area contributed by atoms with Gasteiger partial charge >= 0.3 is 0 Å². The molecule has 0 radical (unpaired) electrons. The predicted molar refractivity (Wildman–Crippen MR) is 105 cm³/mol. The summed E-state index contributed by atoms with van der Waals surface area (Å²) in [5.41, 5.74) is 1.52. The zero-order chi connectivity index (χ0) is 17.9. The molecule has 5 nitrogen and oxygen atoms in total. The molecule has 0 amide bonds. The van der Waals surface area contributed by atoms with Crippen LogP contribution in [-0.4, -0.2) is 39.7 Å². The van der Waals surface area contributed by atoms with Crippen molar-refractivity contribution < 1.29 is 0 Å². The third-order valence-corrected chi connectivity index (χ3v) is 5.38. The van der Waals surface area contributed by atoms with Gasteiger partial charge in [0.05, 0.1) is 0 Å². The van der Waals surface area contributed by atoms with E-state index < -0.39 is 0 Å². The smallest absolute Gasteiger partial charge is 0.211 e. The van der Waals surface area contributed by atoms with E-state index in [1.165, 1.54) is 25.1 Å². The van der Waals surface area contributed by atoms with Crippen molar-refractivity contribution in [3.8, 4) is 0 Å². The van der Waals surface area contributed by atoms with Crippen LogP contribution < -0.4 is 5.32 Å². The minimum atomic E-state index is 0.341. The van der Waals surface area contributed by atoms with Crippen LogP contribution in [0.2, 0.25) is 0 Å². The molecule has 0 bridgehead atoms. The zero-order valence-corrected chi connectivity index (χ0v) is 16.6. The van der Waals surface area contributed by atoms with E-state index in [1.807, 2.05) is 6.07 Å². The van der Waals surface area contributed by atoms with Gasteiger partial charge in [0.25, 0.3) is 0 Å². The Kier molecular flexibility index (Phi) is 5.69. The Bertz CT molecular complexity index is 691. The van der Waals surface area contributed by atoms with Gasteiger partial charge < -0.3 is 10.2 Å². The van der Waals surface area contributed by atoms with Gasteiger partial charge in [0, 0.05) is 24.7 Å². The number of aryl methyl sites for hydroxylation is 1. The van der Waals surface area contributed by atoms with Gasteiger partial charge in [0.1, 0.15) is 10.8 Å². The first-order chi connectivity index (χ1) is 11.9. The summed E-state index contributed by atoms with van der Waals surface area (Å²) in [4.78, 5) is 7.45. The van der Waals surface area contributed by atoms with Crippen LogP contribution in [0.4, 0.5) is 10.9 Å². The van der Waals surface area contributed by atoms with Gasteiger partial charge in [-0.25, -0.2) is 4.98 Å². The monoisotopic (exact) mass is 359 g/mol. The number of rotatable bonds is 5. The topological polar surface area (TPSA) is 53.9 Å². The predicted octanol–water partition coefficient (Wildman–Crippen LogP) is 4.46. The average molecular weight is 360 g/mol. The van der Waals surface area contributed by atoms with Crippen LogP contribution in [0.3, 0.4) is 0 Å². The summed E-state index contributed by atoms with van der Waals surface area (Å²) in [5.74, 6) is 1.38. The fourth-order valence-electron chi connectivity index (χ4n) is 3.42. The zero-order valence-electron chi connectivity index (χ0n) is 15.7. The Morgan fingerprint density at radius 2 is 2.12 bits per heavy atom. The maximum absolute atomic E-state index is 4.86. The van der Waals surface area contributed by atoms with Crippen molar-refractivity contribution in [3.05, 3.63) is 28.9 Å². The lowest BCUT2D eigenvalue weighted by atomic mass is 9.90. The first-order valence-corrected chi connectivity index (χ1v) is 10.0. The lowest BCUT2D eigenvalue weighted by Crippen LogP contribution is -2.39. The summed E-state index contributed by atoms with van der Waals surface area (Å²) < 4.78 is 0. The molecule has 6 heteroatoms. The maximum Gasteiger partial charge on any atom is 0.211 e. The van der Waals surface area contributed by atoms with E-state index in [4.69, 9.17) is 4.98 Å². The van der Waals surface area contributed by atoms with Gasteiger partial charge in [0.15, 0.2) is 0 Å². The largest absolute Gasteiger partial charge is 0.315 e. The second kappa shape index (κ2) is 7.79. The van der Waals surface area contributed by atoms with Crippen LogP contribution in [0.25, 0.3) is 0 Å². The number of anilines is 2. The fraction of sp³-hybridized carbons (Fsp3) is 0.632. The molecule has 0 aromatic carbocycles. The van der Waals surface area contributed by atoms with Crippen molar-refractivity contribution >= 4 is 22.3 Å². The summed E-state index contributed by atoms with van der Waals surface area (Å²) in [7, 11) is 0. The summed E-state index contributed by atoms with van der Waals surface area (Å²) in [6.07, 6.45) is 3.38. The van der Waals surface area contributed by atoms with Crippen LogP contribution in [0.5, 0.6) is 0 Å². The number of pyridine rings is 1. The second-order valence-corrected chi connectivity index (χ2v) is 9.12. The molecule has 1 N–H and O–H groups in total. The Morgan fingerprint density at radius 3 is 2.84 bits per heavy atom. The van der Waals surface area contributed by atoms with Crippen molar-refractivity contribution in [2.45, 2.75) is 52.9 Å². The Hall–Kier alpha value is -1.53. The van der Waals surface area contributed by atoms with E-state index in [9.17, 15) is 0 Å². The van der Waals surface area contributed by atoms with Gasteiger partial charge in [-0.2, -0.15) is 0 Å². The first kappa shape index (κ1) is 18.3. The molecule has 0 saturated carbocycles. The number of aromatic nitrogens is 3. The number of likely N-dealkylation sites (tertiary alicyclic amines) is 1. The van der Waals surface area contributed by atoms with E-state index in [1.54, 1.807) is 11.3 Å². The lowest BCUT2D eigenvalue weighted by molar-refractivity contribution is 0.150. The van der Waals surface area contributed by atoms with Crippen molar-refractivity contribution in [2.24, 2.45) is 5.41 Å². The maximum atomic E-state index is 4.86. The van der Waals surface area contributed by atoms with E-state index in [0.717, 1.165) is 35.5 Å². The molecule has 2 aromatic heterocycles. The Morgan fingerprint density at radius 1 is 1.28 bits per heavy atom. The molecule has 2 aromatic rings. The number of hydrogen-bond acceptors (Lipinski definition) is 6. The first-order valence-electron chi connectivity index (χ1n) is 9.21. The van der Waals surface area contributed by atoms with E-state index in [2.05, 4.69) is 60.2 Å². The molecule has 3 rings (SSSR count). The molecule has 1 atom stereocenters. The van der Waals surface area contributed by atoms with Crippen molar-refractivity contribution in [1.82, 2.24) is 20.1 Å². The van der Waals surface area contributed by atoms with Crippen LogP contribution in [0.1, 0.15) is 57.2 Å². The summed E-state index contributed by atoms with van der Waals surface area (Å²) in [6, 6.07) is 6.26. The summed E-state index contributed by atoms with van der Waals surface area (Å²) in [6.45, 7) is 12.5. The highest BCUT2D eigenvalue weighted by atomic mass is 32.1. The SMILES string of the molecule is CCc1nnc(Nc2cccc([C@@H]3CCCN(CC(C)(C)C)C3)n2)s1. The van der Waals surface area contributed by atoms with Crippen LogP contribution >= 0.6 is 11.3 Å². The van der Waals surface area contributed by atoms with Gasteiger partial charge in [0.2, 0.25) is 5.13 Å². The highest BCUT2D eigenvalue weighted by molar-refractivity contribution is 7.15. The number of hydrogen-bond donors (Lipinski definition) is 1. The van der Waals surface area contributed by atoms with Crippen LogP contribution in [0.15, 0.2) is 18.2 Å². The van der Waals surface area contributed by atoms with Crippen molar-refractivity contribution in [2.75, 3.05) is 25.0 Å². The quantitative estimate of drug-likeness (QED) is 0.854. The lowest BCUT2D eigenvalue weighted by Gasteiger charge is -2.36. The highest BCUT2D eigenvalue weighted by Crippen LogP contribution is 2.29. The van der Waals surface area contributed by atoms with Gasteiger partial charge in [-0.05, 0) is 43.4 Å². The molecule has 1 aliphatic rings. The highest BCUT2D eigenvalue weighted by Gasteiger charge is 2.25. The summed E-state index contributed by atoms with van der Waals surface area (Å²) >= 11 is 1.59. The van der Waals surface area contributed by atoms with Crippen LogP contribution in [0, 0.1) is 5.41 Å². The molecular weight excluding hydrogens is 330 g/mol. The Labute approximate surface area is 154 Å². The fourth-order valence-corrected chi connectivity index (χ4v) is 4.10.